The molecule has 0 aromatic heterocycles. The van der Waals surface area contributed by atoms with Crippen molar-refractivity contribution in [2.75, 3.05) is 13.1 Å². The fraction of sp³-hybridized carbons (Fsp3) is 0.818. The number of carbonyl (C=O) groups excluding carboxylic acids is 1. The molecule has 2 unspecified atom stereocenters. The summed E-state index contributed by atoms with van der Waals surface area (Å²) in [4.78, 5) is 24.4. The summed E-state index contributed by atoms with van der Waals surface area (Å²) in [6, 6.07) is -0.421. The average Bonchev–Trinajstić information content (AvgIpc) is 2.28. The molecule has 3 N–H and O–H groups in total. The summed E-state index contributed by atoms with van der Waals surface area (Å²) >= 11 is 0. The zero-order valence-electron chi connectivity index (χ0n) is 10.3. The lowest BCUT2D eigenvalue weighted by molar-refractivity contribution is -0.143. The Hall–Kier alpha value is -1.30. The van der Waals surface area contributed by atoms with Gasteiger partial charge in [0.2, 0.25) is 0 Å². The van der Waals surface area contributed by atoms with E-state index < -0.39 is 23.6 Å². The number of carboxylic acid groups (broad SMARTS) is 1. The van der Waals surface area contributed by atoms with Crippen LogP contribution in [0.2, 0.25) is 0 Å². The molecule has 1 fully saturated rings. The molecule has 1 rings (SSSR count). The normalized spacial score (nSPS) is 23.9. The van der Waals surface area contributed by atoms with Crippen molar-refractivity contribution in [3.05, 3.63) is 0 Å². The van der Waals surface area contributed by atoms with Crippen LogP contribution in [0.1, 0.15) is 33.1 Å². The number of amides is 2. The maximum Gasteiger partial charge on any atom is 0.329 e. The van der Waals surface area contributed by atoms with E-state index in [0.29, 0.717) is 19.4 Å². The van der Waals surface area contributed by atoms with Crippen LogP contribution in [-0.4, -0.2) is 51.8 Å². The van der Waals surface area contributed by atoms with Gasteiger partial charge in [0, 0.05) is 13.1 Å². The van der Waals surface area contributed by atoms with E-state index in [0.717, 1.165) is 6.42 Å². The standard InChI is InChI=1S/C11H20N2O4/c1-3-11(2,9(15)16)12-10(17)13-6-4-5-8(14)7-13/h8,14H,3-7H2,1-2H3,(H,12,17)(H,15,16). The Morgan fingerprint density at radius 3 is 2.65 bits per heavy atom. The van der Waals surface area contributed by atoms with Crippen LogP contribution in [0.5, 0.6) is 0 Å². The molecule has 1 aliphatic heterocycles. The van der Waals surface area contributed by atoms with Crippen LogP contribution >= 0.6 is 0 Å². The molecular formula is C11H20N2O4. The largest absolute Gasteiger partial charge is 0.480 e. The molecule has 2 amide bonds. The third kappa shape index (κ3) is 3.33. The topological polar surface area (TPSA) is 89.9 Å². The molecule has 1 saturated heterocycles. The Balaban J connectivity index is 2.61. The maximum atomic E-state index is 11.9. The van der Waals surface area contributed by atoms with Gasteiger partial charge in [0.15, 0.2) is 0 Å². The van der Waals surface area contributed by atoms with Crippen molar-refractivity contribution in [3.63, 3.8) is 0 Å². The second-order valence-electron chi connectivity index (χ2n) is 4.66. The van der Waals surface area contributed by atoms with E-state index in [2.05, 4.69) is 5.32 Å². The second-order valence-corrected chi connectivity index (χ2v) is 4.66. The summed E-state index contributed by atoms with van der Waals surface area (Å²) in [7, 11) is 0. The maximum absolute atomic E-state index is 11.9. The smallest absolute Gasteiger partial charge is 0.329 e. The Kier molecular flexibility index (Phi) is 4.34. The number of hydrogen-bond acceptors (Lipinski definition) is 3. The van der Waals surface area contributed by atoms with Crippen molar-refractivity contribution in [1.82, 2.24) is 10.2 Å². The summed E-state index contributed by atoms with van der Waals surface area (Å²) < 4.78 is 0. The highest BCUT2D eigenvalue weighted by Crippen LogP contribution is 2.13. The highest BCUT2D eigenvalue weighted by atomic mass is 16.4. The van der Waals surface area contributed by atoms with Crippen LogP contribution in [0.15, 0.2) is 0 Å². The molecule has 17 heavy (non-hydrogen) atoms. The zero-order valence-corrected chi connectivity index (χ0v) is 10.3. The molecule has 98 valence electrons. The van der Waals surface area contributed by atoms with Crippen LogP contribution in [0, 0.1) is 0 Å². The van der Waals surface area contributed by atoms with Crippen LogP contribution < -0.4 is 5.32 Å². The van der Waals surface area contributed by atoms with Gasteiger partial charge in [-0.3, -0.25) is 0 Å². The molecular weight excluding hydrogens is 224 g/mol. The van der Waals surface area contributed by atoms with Gasteiger partial charge >= 0.3 is 12.0 Å². The molecule has 0 saturated carbocycles. The van der Waals surface area contributed by atoms with Gasteiger partial charge in [-0.05, 0) is 26.2 Å². The van der Waals surface area contributed by atoms with Crippen molar-refractivity contribution in [3.8, 4) is 0 Å². The van der Waals surface area contributed by atoms with Crippen LogP contribution in [0.25, 0.3) is 0 Å². The average molecular weight is 244 g/mol. The van der Waals surface area contributed by atoms with E-state index in [1.54, 1.807) is 6.92 Å². The minimum Gasteiger partial charge on any atom is -0.480 e. The Labute approximate surface area is 101 Å². The van der Waals surface area contributed by atoms with E-state index in [1.807, 2.05) is 0 Å². The quantitative estimate of drug-likeness (QED) is 0.670. The Morgan fingerprint density at radius 1 is 1.53 bits per heavy atom. The molecule has 6 heteroatoms. The van der Waals surface area contributed by atoms with Crippen molar-refractivity contribution in [2.24, 2.45) is 0 Å². The van der Waals surface area contributed by atoms with Gasteiger partial charge in [-0.1, -0.05) is 6.92 Å². The van der Waals surface area contributed by atoms with Gasteiger partial charge in [-0.15, -0.1) is 0 Å². The molecule has 2 atom stereocenters. The van der Waals surface area contributed by atoms with Gasteiger partial charge in [0.25, 0.3) is 0 Å². The highest BCUT2D eigenvalue weighted by molar-refractivity contribution is 5.85. The molecule has 1 heterocycles. The summed E-state index contributed by atoms with van der Waals surface area (Å²) in [5.41, 5.74) is -1.25. The number of carbonyl (C=O) groups is 2. The number of hydrogen-bond donors (Lipinski definition) is 3. The molecule has 1 aliphatic rings. The third-order valence-electron chi connectivity index (χ3n) is 3.25. The van der Waals surface area contributed by atoms with E-state index in [9.17, 15) is 14.7 Å². The SMILES string of the molecule is CCC(C)(NC(=O)N1CCCC(O)C1)C(=O)O. The lowest BCUT2D eigenvalue weighted by Crippen LogP contribution is -2.57. The molecule has 0 radical (unpaired) electrons. The van der Waals surface area contributed by atoms with Crippen LogP contribution in [-0.2, 0) is 4.79 Å². The van der Waals surface area contributed by atoms with Gasteiger partial charge in [0.05, 0.1) is 6.10 Å². The fourth-order valence-electron chi connectivity index (χ4n) is 1.75. The molecule has 0 aromatic rings. The van der Waals surface area contributed by atoms with E-state index in [1.165, 1.54) is 11.8 Å². The first-order valence-corrected chi connectivity index (χ1v) is 5.87. The minimum absolute atomic E-state index is 0.269. The summed E-state index contributed by atoms with van der Waals surface area (Å²) in [5.74, 6) is -1.05. The number of nitrogens with zero attached hydrogens (tertiary/aromatic N) is 1. The first-order chi connectivity index (χ1) is 7.89. The lowest BCUT2D eigenvalue weighted by atomic mass is 9.99. The summed E-state index contributed by atoms with van der Waals surface area (Å²) in [6.45, 7) is 4.01. The second kappa shape index (κ2) is 5.35. The number of aliphatic hydroxyl groups is 1. The lowest BCUT2D eigenvalue weighted by Gasteiger charge is -2.33. The molecule has 6 nitrogen and oxygen atoms in total. The zero-order chi connectivity index (χ0) is 13.1. The number of rotatable bonds is 3. The van der Waals surface area contributed by atoms with Crippen LogP contribution in [0.4, 0.5) is 4.79 Å². The first-order valence-electron chi connectivity index (χ1n) is 5.87. The highest BCUT2D eigenvalue weighted by Gasteiger charge is 2.35. The first kappa shape index (κ1) is 13.8. The third-order valence-corrected chi connectivity index (χ3v) is 3.25. The Bertz CT molecular complexity index is 308. The molecule has 0 spiro atoms. The molecule has 0 bridgehead atoms. The van der Waals surface area contributed by atoms with Crippen molar-refractivity contribution < 1.29 is 19.8 Å². The number of likely N-dealkylation sites (tertiary alicyclic amines) is 1. The number of β-amino-alcohol motifs (C(OH)–C–C–N with tert-alkyl or cyclic N) is 1. The number of aliphatic carboxylic acids is 1. The summed E-state index contributed by atoms with van der Waals surface area (Å²) in [5, 5.41) is 21.0. The number of piperidine rings is 1. The monoisotopic (exact) mass is 244 g/mol. The predicted molar refractivity (Wildman–Crippen MR) is 61.7 cm³/mol. The van der Waals surface area contributed by atoms with Crippen LogP contribution in [0.3, 0.4) is 0 Å². The van der Waals surface area contributed by atoms with Gasteiger partial charge in [-0.2, -0.15) is 0 Å². The Morgan fingerprint density at radius 2 is 2.18 bits per heavy atom. The van der Waals surface area contributed by atoms with Gasteiger partial charge in [0.1, 0.15) is 5.54 Å². The number of nitrogens with one attached hydrogen (secondary N) is 1. The van der Waals surface area contributed by atoms with Crippen molar-refractivity contribution in [2.45, 2.75) is 44.8 Å². The fourth-order valence-corrected chi connectivity index (χ4v) is 1.75. The van der Waals surface area contributed by atoms with E-state index >= 15 is 0 Å². The van der Waals surface area contributed by atoms with Gasteiger partial charge < -0.3 is 20.4 Å². The minimum atomic E-state index is -1.25. The summed E-state index contributed by atoms with van der Waals surface area (Å²) in [6.07, 6.45) is 1.23. The molecule has 0 aromatic carbocycles. The van der Waals surface area contributed by atoms with Crippen molar-refractivity contribution in [1.29, 1.82) is 0 Å². The predicted octanol–water partition coefficient (Wildman–Crippen LogP) is 0.406. The number of urea groups is 1. The van der Waals surface area contributed by atoms with Gasteiger partial charge in [-0.25, -0.2) is 9.59 Å². The number of aliphatic hydroxyl groups excluding tert-OH is 1. The molecule has 0 aliphatic carbocycles. The van der Waals surface area contributed by atoms with E-state index in [4.69, 9.17) is 5.11 Å². The van der Waals surface area contributed by atoms with Crippen molar-refractivity contribution >= 4 is 12.0 Å². The number of carboxylic acids is 1. The van der Waals surface area contributed by atoms with E-state index in [-0.39, 0.29) is 6.54 Å².